The molecule has 1 atom stereocenters. The van der Waals surface area contributed by atoms with Gasteiger partial charge in [0.2, 0.25) is 5.91 Å². The summed E-state index contributed by atoms with van der Waals surface area (Å²) in [6.07, 6.45) is 3.88. The fraction of sp³-hybridized carbons (Fsp3) is 0.278. The maximum Gasteiger partial charge on any atom is 0.240 e. The topological polar surface area (TPSA) is 77.2 Å². The summed E-state index contributed by atoms with van der Waals surface area (Å²) in [5.74, 6) is -1.48. The van der Waals surface area contributed by atoms with E-state index >= 15 is 0 Å². The standard InChI is InChI=1S/C18H18FNO3S/c19-15-8-5-13(6-9-15)17(18(20)21)24(22,23)16-10-7-12-3-1-2-4-14(12)11-16/h5-11,17H,1-4H2,(H2,20,21). The number of fused-ring (bicyclic) bond motifs is 1. The van der Waals surface area contributed by atoms with Crippen molar-refractivity contribution in [3.8, 4) is 0 Å². The molecule has 1 aliphatic rings. The van der Waals surface area contributed by atoms with E-state index in [9.17, 15) is 17.6 Å². The van der Waals surface area contributed by atoms with Crippen LogP contribution in [-0.4, -0.2) is 14.3 Å². The van der Waals surface area contributed by atoms with Crippen molar-refractivity contribution in [2.24, 2.45) is 5.73 Å². The number of rotatable bonds is 4. The number of hydrogen-bond donors (Lipinski definition) is 1. The molecule has 0 fully saturated rings. The molecule has 2 aromatic carbocycles. The number of amides is 1. The second kappa shape index (κ2) is 6.36. The molecule has 6 heteroatoms. The summed E-state index contributed by atoms with van der Waals surface area (Å²) >= 11 is 0. The minimum absolute atomic E-state index is 0.0799. The Morgan fingerprint density at radius 3 is 2.25 bits per heavy atom. The number of carbonyl (C=O) groups excluding carboxylic acids is 1. The van der Waals surface area contributed by atoms with Gasteiger partial charge in [0.15, 0.2) is 15.1 Å². The zero-order valence-electron chi connectivity index (χ0n) is 13.0. The number of aryl methyl sites for hydroxylation is 2. The SMILES string of the molecule is NC(=O)C(c1ccc(F)cc1)S(=O)(=O)c1ccc2c(c1)CCCC2. The van der Waals surface area contributed by atoms with Crippen LogP contribution in [0.1, 0.15) is 34.8 Å². The number of nitrogens with two attached hydrogens (primary N) is 1. The maximum atomic E-state index is 13.1. The molecular formula is C18H18FNO3S. The molecule has 126 valence electrons. The summed E-state index contributed by atoms with van der Waals surface area (Å²) < 4.78 is 39.0. The van der Waals surface area contributed by atoms with Crippen molar-refractivity contribution < 1.29 is 17.6 Å². The highest BCUT2D eigenvalue weighted by Crippen LogP contribution is 2.31. The van der Waals surface area contributed by atoms with E-state index in [0.29, 0.717) is 0 Å². The minimum Gasteiger partial charge on any atom is -0.368 e. The summed E-state index contributed by atoms with van der Waals surface area (Å²) in [6, 6.07) is 9.77. The first kappa shape index (κ1) is 16.6. The number of sulfone groups is 1. The van der Waals surface area contributed by atoms with Gasteiger partial charge in [-0.05, 0) is 66.6 Å². The summed E-state index contributed by atoms with van der Waals surface area (Å²) in [5, 5.41) is -1.53. The zero-order chi connectivity index (χ0) is 17.3. The van der Waals surface area contributed by atoms with Crippen molar-refractivity contribution in [1.29, 1.82) is 0 Å². The zero-order valence-corrected chi connectivity index (χ0v) is 13.9. The van der Waals surface area contributed by atoms with Crippen LogP contribution in [0, 0.1) is 5.82 Å². The highest BCUT2D eigenvalue weighted by Gasteiger charge is 2.34. The van der Waals surface area contributed by atoms with E-state index in [-0.39, 0.29) is 10.5 Å². The van der Waals surface area contributed by atoms with Gasteiger partial charge in [0.25, 0.3) is 0 Å². The summed E-state index contributed by atoms with van der Waals surface area (Å²) in [5.41, 5.74) is 7.68. The Morgan fingerprint density at radius 1 is 1.00 bits per heavy atom. The first-order chi connectivity index (χ1) is 11.4. The van der Waals surface area contributed by atoms with Gasteiger partial charge >= 0.3 is 0 Å². The van der Waals surface area contributed by atoms with Crippen molar-refractivity contribution in [2.75, 3.05) is 0 Å². The van der Waals surface area contributed by atoms with Crippen LogP contribution in [0.3, 0.4) is 0 Å². The van der Waals surface area contributed by atoms with E-state index in [0.717, 1.165) is 48.9 Å². The van der Waals surface area contributed by atoms with Gasteiger partial charge in [0, 0.05) is 0 Å². The summed E-state index contributed by atoms with van der Waals surface area (Å²) in [4.78, 5) is 11.9. The quantitative estimate of drug-likeness (QED) is 0.924. The lowest BCUT2D eigenvalue weighted by Crippen LogP contribution is -2.28. The molecule has 0 radical (unpaired) electrons. The monoisotopic (exact) mass is 347 g/mol. The van der Waals surface area contributed by atoms with Crippen molar-refractivity contribution in [1.82, 2.24) is 0 Å². The van der Waals surface area contributed by atoms with Crippen LogP contribution in [0.2, 0.25) is 0 Å². The van der Waals surface area contributed by atoms with Gasteiger partial charge in [-0.25, -0.2) is 12.8 Å². The summed E-state index contributed by atoms with van der Waals surface area (Å²) in [7, 11) is -4.00. The van der Waals surface area contributed by atoms with Crippen LogP contribution >= 0.6 is 0 Å². The van der Waals surface area contributed by atoms with Crippen LogP contribution in [0.4, 0.5) is 4.39 Å². The Morgan fingerprint density at radius 2 is 1.62 bits per heavy atom. The molecule has 2 N–H and O–H groups in total. The second-order valence-corrected chi connectivity index (χ2v) is 8.05. The van der Waals surface area contributed by atoms with E-state index in [4.69, 9.17) is 5.73 Å². The van der Waals surface area contributed by atoms with Crippen molar-refractivity contribution in [3.05, 3.63) is 65.0 Å². The van der Waals surface area contributed by atoms with E-state index in [1.54, 1.807) is 6.07 Å². The number of benzene rings is 2. The normalized spacial score (nSPS) is 15.5. The van der Waals surface area contributed by atoms with Gasteiger partial charge in [0.1, 0.15) is 5.82 Å². The predicted molar refractivity (Wildman–Crippen MR) is 88.6 cm³/mol. The van der Waals surface area contributed by atoms with Gasteiger partial charge in [-0.15, -0.1) is 0 Å². The molecular weight excluding hydrogens is 329 g/mol. The van der Waals surface area contributed by atoms with Gasteiger partial charge in [0.05, 0.1) is 4.90 Å². The first-order valence-electron chi connectivity index (χ1n) is 7.80. The molecule has 3 rings (SSSR count). The summed E-state index contributed by atoms with van der Waals surface area (Å²) in [6.45, 7) is 0. The predicted octanol–water partition coefficient (Wildman–Crippen LogP) is 2.70. The van der Waals surface area contributed by atoms with Gasteiger partial charge < -0.3 is 5.73 Å². The number of primary amides is 1. The smallest absolute Gasteiger partial charge is 0.240 e. The third kappa shape index (κ3) is 3.06. The Labute approximate surface area is 140 Å². The molecule has 0 spiro atoms. The van der Waals surface area contributed by atoms with E-state index in [2.05, 4.69) is 0 Å². The van der Waals surface area contributed by atoms with Crippen LogP contribution in [0.25, 0.3) is 0 Å². The third-order valence-corrected chi connectivity index (χ3v) is 6.43. The van der Waals surface area contributed by atoms with Crippen molar-refractivity contribution in [2.45, 2.75) is 35.8 Å². The van der Waals surface area contributed by atoms with Crippen LogP contribution in [0.15, 0.2) is 47.4 Å². The Kier molecular flexibility index (Phi) is 4.41. The highest BCUT2D eigenvalue weighted by molar-refractivity contribution is 7.92. The highest BCUT2D eigenvalue weighted by atomic mass is 32.2. The average Bonchev–Trinajstić information content (AvgIpc) is 2.56. The Hall–Kier alpha value is -2.21. The molecule has 0 saturated carbocycles. The fourth-order valence-electron chi connectivity index (χ4n) is 3.16. The molecule has 0 heterocycles. The van der Waals surface area contributed by atoms with Gasteiger partial charge in [-0.1, -0.05) is 18.2 Å². The minimum atomic E-state index is -4.00. The van der Waals surface area contributed by atoms with E-state index < -0.39 is 26.8 Å². The second-order valence-electron chi connectivity index (χ2n) is 6.02. The lowest BCUT2D eigenvalue weighted by atomic mass is 9.92. The van der Waals surface area contributed by atoms with E-state index in [1.165, 1.54) is 18.2 Å². The lowest BCUT2D eigenvalue weighted by Gasteiger charge is -2.19. The molecule has 1 aliphatic carbocycles. The van der Waals surface area contributed by atoms with E-state index in [1.807, 2.05) is 6.07 Å². The third-order valence-electron chi connectivity index (χ3n) is 4.39. The molecule has 24 heavy (non-hydrogen) atoms. The number of hydrogen-bond acceptors (Lipinski definition) is 3. The van der Waals surface area contributed by atoms with Crippen LogP contribution < -0.4 is 5.73 Å². The molecule has 1 unspecified atom stereocenters. The molecule has 0 bridgehead atoms. The average molecular weight is 347 g/mol. The molecule has 4 nitrogen and oxygen atoms in total. The molecule has 0 saturated heterocycles. The number of halogens is 1. The fourth-order valence-corrected chi connectivity index (χ4v) is 4.81. The van der Waals surface area contributed by atoms with Gasteiger partial charge in [-0.2, -0.15) is 0 Å². The van der Waals surface area contributed by atoms with Gasteiger partial charge in [-0.3, -0.25) is 4.79 Å². The Bertz CT molecular complexity index is 876. The number of carbonyl (C=O) groups is 1. The first-order valence-corrected chi connectivity index (χ1v) is 9.35. The lowest BCUT2D eigenvalue weighted by molar-refractivity contribution is -0.117. The molecule has 2 aromatic rings. The Balaban J connectivity index is 2.06. The largest absolute Gasteiger partial charge is 0.368 e. The van der Waals surface area contributed by atoms with Crippen LogP contribution in [-0.2, 0) is 27.5 Å². The van der Waals surface area contributed by atoms with Crippen LogP contribution in [0.5, 0.6) is 0 Å². The molecule has 1 amide bonds. The van der Waals surface area contributed by atoms with Crippen molar-refractivity contribution in [3.63, 3.8) is 0 Å². The molecule has 0 aliphatic heterocycles. The maximum absolute atomic E-state index is 13.1. The molecule has 0 aromatic heterocycles. The van der Waals surface area contributed by atoms with Crippen molar-refractivity contribution >= 4 is 15.7 Å².